The highest BCUT2D eigenvalue weighted by Gasteiger charge is 2.22. The van der Waals surface area contributed by atoms with Crippen LogP contribution in [0.5, 0.6) is 0 Å². The van der Waals surface area contributed by atoms with E-state index in [0.717, 1.165) is 53.1 Å². The highest BCUT2D eigenvalue weighted by molar-refractivity contribution is 7.98. The highest BCUT2D eigenvalue weighted by atomic mass is 32.2. The van der Waals surface area contributed by atoms with E-state index < -0.39 is 0 Å². The fourth-order valence-electron chi connectivity index (χ4n) is 3.61. The van der Waals surface area contributed by atoms with Crippen LogP contribution in [0, 0.1) is 6.92 Å². The molecule has 0 saturated carbocycles. The molecular formula is C21H21N5O2S2. The van der Waals surface area contributed by atoms with Crippen LogP contribution in [0.25, 0.3) is 16.3 Å². The van der Waals surface area contributed by atoms with Gasteiger partial charge in [-0.2, -0.15) is 0 Å². The first-order valence-corrected chi connectivity index (χ1v) is 11.7. The Hall–Kier alpha value is -2.49. The Morgan fingerprint density at radius 2 is 2.23 bits per heavy atom. The van der Waals surface area contributed by atoms with Gasteiger partial charge in [0.05, 0.1) is 23.2 Å². The Kier molecular flexibility index (Phi) is 5.41. The van der Waals surface area contributed by atoms with Crippen molar-refractivity contribution in [2.45, 2.75) is 43.3 Å². The number of aryl methyl sites for hydroxylation is 1. The van der Waals surface area contributed by atoms with E-state index in [1.807, 2.05) is 36.7 Å². The van der Waals surface area contributed by atoms with Crippen molar-refractivity contribution in [3.63, 3.8) is 0 Å². The van der Waals surface area contributed by atoms with E-state index in [9.17, 15) is 4.79 Å². The summed E-state index contributed by atoms with van der Waals surface area (Å²) in [6.45, 7) is 3.51. The van der Waals surface area contributed by atoms with E-state index in [4.69, 9.17) is 4.74 Å². The Bertz CT molecular complexity index is 1230. The van der Waals surface area contributed by atoms with Gasteiger partial charge in [-0.1, -0.05) is 23.9 Å². The summed E-state index contributed by atoms with van der Waals surface area (Å²) in [6, 6.07) is 9.51. The van der Waals surface area contributed by atoms with Gasteiger partial charge in [0.2, 0.25) is 0 Å². The SMILES string of the molecule is Cc1ccc2nc(CSc3nnc(-c4cccs4)n3C[C@@H]3CCCO3)cc(=O)n2c1. The second-order valence-electron chi connectivity index (χ2n) is 7.34. The number of thiophene rings is 1. The second-order valence-corrected chi connectivity index (χ2v) is 9.23. The molecule has 0 spiro atoms. The minimum Gasteiger partial charge on any atom is -0.376 e. The molecule has 0 aromatic carbocycles. The molecule has 0 N–H and O–H groups in total. The number of pyridine rings is 1. The van der Waals surface area contributed by atoms with Crippen LogP contribution in [0.1, 0.15) is 24.1 Å². The van der Waals surface area contributed by atoms with Crippen LogP contribution in [0.3, 0.4) is 0 Å². The average Bonchev–Trinajstić information content (AvgIpc) is 3.50. The Morgan fingerprint density at radius 1 is 1.30 bits per heavy atom. The molecule has 0 aliphatic carbocycles. The van der Waals surface area contributed by atoms with E-state index in [1.54, 1.807) is 33.6 Å². The lowest BCUT2D eigenvalue weighted by atomic mass is 10.2. The standard InChI is InChI=1S/C21H21N5O2S2/c1-14-6-7-18-22-15(10-19(27)25(18)11-14)13-30-21-24-23-20(17-5-3-9-29-17)26(21)12-16-4-2-8-28-16/h3,5-7,9-11,16H,2,4,8,12-13H2,1H3/t16-/m0/s1. The summed E-state index contributed by atoms with van der Waals surface area (Å²) in [7, 11) is 0. The fraction of sp³-hybridized carbons (Fsp3) is 0.333. The van der Waals surface area contributed by atoms with Gasteiger partial charge in [-0.05, 0) is 42.8 Å². The molecule has 4 aromatic heterocycles. The molecule has 0 amide bonds. The van der Waals surface area contributed by atoms with Crippen LogP contribution in [-0.4, -0.2) is 36.9 Å². The van der Waals surface area contributed by atoms with Crippen LogP contribution >= 0.6 is 23.1 Å². The summed E-state index contributed by atoms with van der Waals surface area (Å²) in [5, 5.41) is 11.8. The largest absolute Gasteiger partial charge is 0.376 e. The maximum Gasteiger partial charge on any atom is 0.258 e. The molecule has 1 saturated heterocycles. The van der Waals surface area contributed by atoms with Crippen LogP contribution < -0.4 is 5.56 Å². The van der Waals surface area contributed by atoms with Crippen LogP contribution in [0.4, 0.5) is 0 Å². The van der Waals surface area contributed by atoms with E-state index in [1.165, 1.54) is 0 Å². The van der Waals surface area contributed by atoms with Crippen molar-refractivity contribution < 1.29 is 4.74 Å². The molecule has 1 atom stereocenters. The van der Waals surface area contributed by atoms with E-state index >= 15 is 0 Å². The van der Waals surface area contributed by atoms with Crippen molar-refractivity contribution in [2.75, 3.05) is 6.61 Å². The first kappa shape index (κ1) is 19.5. The number of fused-ring (bicyclic) bond motifs is 1. The van der Waals surface area contributed by atoms with Crippen molar-refractivity contribution in [2.24, 2.45) is 0 Å². The zero-order valence-corrected chi connectivity index (χ0v) is 18.2. The predicted molar refractivity (Wildman–Crippen MR) is 118 cm³/mol. The maximum atomic E-state index is 12.5. The highest BCUT2D eigenvalue weighted by Crippen LogP contribution is 2.30. The fourth-order valence-corrected chi connectivity index (χ4v) is 5.17. The summed E-state index contributed by atoms with van der Waals surface area (Å²) in [5.41, 5.74) is 2.35. The molecule has 7 nitrogen and oxygen atoms in total. The molecule has 0 bridgehead atoms. The smallest absolute Gasteiger partial charge is 0.258 e. The van der Waals surface area contributed by atoms with Gasteiger partial charge in [-0.3, -0.25) is 13.8 Å². The molecule has 9 heteroatoms. The normalized spacial score (nSPS) is 16.5. The summed E-state index contributed by atoms with van der Waals surface area (Å²) >= 11 is 3.20. The molecule has 30 heavy (non-hydrogen) atoms. The van der Waals surface area contributed by atoms with Crippen molar-refractivity contribution in [1.82, 2.24) is 24.1 Å². The monoisotopic (exact) mass is 439 g/mol. The molecule has 1 fully saturated rings. The number of ether oxygens (including phenoxy) is 1. The average molecular weight is 440 g/mol. The van der Waals surface area contributed by atoms with Gasteiger partial charge in [-0.25, -0.2) is 4.98 Å². The molecule has 154 valence electrons. The third-order valence-electron chi connectivity index (χ3n) is 5.08. The first-order valence-electron chi connectivity index (χ1n) is 9.88. The summed E-state index contributed by atoms with van der Waals surface area (Å²) in [4.78, 5) is 18.2. The van der Waals surface area contributed by atoms with Crippen LogP contribution in [0.2, 0.25) is 0 Å². The Labute approximate surface area is 181 Å². The number of aromatic nitrogens is 5. The van der Waals surface area contributed by atoms with Gasteiger partial charge in [-0.15, -0.1) is 21.5 Å². The van der Waals surface area contributed by atoms with Crippen LogP contribution in [-0.2, 0) is 17.0 Å². The van der Waals surface area contributed by atoms with Gasteiger partial charge in [0.15, 0.2) is 11.0 Å². The molecule has 5 rings (SSSR count). The molecule has 4 aromatic rings. The molecule has 5 heterocycles. The first-order chi connectivity index (χ1) is 14.7. The molecule has 1 aliphatic rings. The van der Waals surface area contributed by atoms with E-state index in [2.05, 4.69) is 25.8 Å². The minimum absolute atomic E-state index is 0.0700. The van der Waals surface area contributed by atoms with Gasteiger partial charge in [0, 0.05) is 24.6 Å². The topological polar surface area (TPSA) is 74.3 Å². The summed E-state index contributed by atoms with van der Waals surface area (Å²) in [5.74, 6) is 1.42. The van der Waals surface area contributed by atoms with E-state index in [-0.39, 0.29) is 11.7 Å². The molecule has 0 unspecified atom stereocenters. The third kappa shape index (κ3) is 3.92. The van der Waals surface area contributed by atoms with Gasteiger partial charge in [0.1, 0.15) is 5.65 Å². The second kappa shape index (κ2) is 8.33. The van der Waals surface area contributed by atoms with Crippen molar-refractivity contribution in [1.29, 1.82) is 0 Å². The number of thioether (sulfide) groups is 1. The summed E-state index contributed by atoms with van der Waals surface area (Å²) in [6.07, 6.45) is 4.14. The molecule has 1 aliphatic heterocycles. The van der Waals surface area contributed by atoms with Crippen molar-refractivity contribution in [3.8, 4) is 10.7 Å². The maximum absolute atomic E-state index is 12.5. The zero-order valence-electron chi connectivity index (χ0n) is 16.5. The van der Waals surface area contributed by atoms with Crippen molar-refractivity contribution in [3.05, 3.63) is 63.5 Å². The van der Waals surface area contributed by atoms with Gasteiger partial charge < -0.3 is 4.74 Å². The molecular weight excluding hydrogens is 418 g/mol. The van der Waals surface area contributed by atoms with E-state index in [0.29, 0.717) is 11.4 Å². The van der Waals surface area contributed by atoms with Gasteiger partial charge >= 0.3 is 0 Å². The number of nitrogens with zero attached hydrogens (tertiary/aromatic N) is 5. The minimum atomic E-state index is -0.0700. The zero-order chi connectivity index (χ0) is 20.5. The van der Waals surface area contributed by atoms with Crippen molar-refractivity contribution >= 4 is 28.7 Å². The number of hydrogen-bond acceptors (Lipinski definition) is 7. The summed E-state index contributed by atoms with van der Waals surface area (Å²) < 4.78 is 9.58. The lowest BCUT2D eigenvalue weighted by Crippen LogP contribution is -2.17. The molecule has 0 radical (unpaired) electrons. The van der Waals surface area contributed by atoms with Gasteiger partial charge in [0.25, 0.3) is 5.56 Å². The lowest BCUT2D eigenvalue weighted by Gasteiger charge is -2.14. The quantitative estimate of drug-likeness (QED) is 0.426. The Balaban J connectivity index is 1.42. The number of hydrogen-bond donors (Lipinski definition) is 0. The Morgan fingerprint density at radius 3 is 3.03 bits per heavy atom. The number of rotatable bonds is 6. The lowest BCUT2D eigenvalue weighted by molar-refractivity contribution is 0.0953. The third-order valence-corrected chi connectivity index (χ3v) is 6.94. The predicted octanol–water partition coefficient (Wildman–Crippen LogP) is 3.79. The van der Waals surface area contributed by atoms with Crippen LogP contribution in [0.15, 0.2) is 51.9 Å².